The number of amides is 1. The molecular weight excluding hydrogens is 392 g/mol. The molecule has 0 aliphatic carbocycles. The summed E-state index contributed by atoms with van der Waals surface area (Å²) in [6.45, 7) is 1.54. The minimum absolute atomic E-state index is 0.202. The highest BCUT2D eigenvalue weighted by atomic mass is 32.2. The summed E-state index contributed by atoms with van der Waals surface area (Å²) in [7, 11) is -2.56. The maximum Gasteiger partial charge on any atom is 0.337 e. The lowest BCUT2D eigenvalue weighted by Gasteiger charge is -2.25. The molecule has 1 unspecified atom stereocenters. The summed E-state index contributed by atoms with van der Waals surface area (Å²) in [5, 5.41) is 4.13. The Labute approximate surface area is 167 Å². The van der Waals surface area contributed by atoms with Gasteiger partial charge in [-0.25, -0.2) is 13.2 Å². The third-order valence-corrected chi connectivity index (χ3v) is 6.85. The molecule has 8 heteroatoms. The van der Waals surface area contributed by atoms with Gasteiger partial charge in [0.25, 0.3) is 10.0 Å². The molecule has 148 valence electrons. The second-order valence-electron chi connectivity index (χ2n) is 6.67. The fraction of sp³-hybridized carbons (Fsp3) is 0.143. The Morgan fingerprint density at radius 1 is 1.00 bits per heavy atom. The van der Waals surface area contributed by atoms with Gasteiger partial charge in [0.1, 0.15) is 6.04 Å². The van der Waals surface area contributed by atoms with Crippen LogP contribution in [-0.2, 0) is 19.6 Å². The number of esters is 1. The van der Waals surface area contributed by atoms with Crippen molar-refractivity contribution in [2.24, 2.45) is 0 Å². The smallest absolute Gasteiger partial charge is 0.337 e. The van der Waals surface area contributed by atoms with Gasteiger partial charge in [0.05, 0.1) is 23.3 Å². The Bertz CT molecular complexity index is 1230. The van der Waals surface area contributed by atoms with Gasteiger partial charge < -0.3 is 10.1 Å². The van der Waals surface area contributed by atoms with E-state index in [0.717, 1.165) is 9.69 Å². The van der Waals surface area contributed by atoms with Gasteiger partial charge >= 0.3 is 5.97 Å². The zero-order valence-electron chi connectivity index (χ0n) is 15.7. The van der Waals surface area contributed by atoms with Gasteiger partial charge in [0.2, 0.25) is 5.91 Å². The topological polar surface area (TPSA) is 92.8 Å². The van der Waals surface area contributed by atoms with Crippen molar-refractivity contribution in [1.82, 2.24) is 0 Å². The Morgan fingerprint density at radius 3 is 2.31 bits per heavy atom. The van der Waals surface area contributed by atoms with Crippen molar-refractivity contribution >= 4 is 44.0 Å². The quantitative estimate of drug-likeness (QED) is 0.667. The van der Waals surface area contributed by atoms with Crippen LogP contribution in [0.4, 0.5) is 11.4 Å². The summed E-state index contributed by atoms with van der Waals surface area (Å²) in [6.07, 6.45) is 0. The predicted octanol–water partition coefficient (Wildman–Crippen LogP) is 3.16. The number of benzene rings is 3. The monoisotopic (exact) mass is 410 g/mol. The molecular formula is C21H18N2O5S. The lowest BCUT2D eigenvalue weighted by atomic mass is 10.1. The molecule has 3 aromatic rings. The number of hydrogen-bond donors (Lipinski definition) is 1. The van der Waals surface area contributed by atoms with Crippen LogP contribution in [0.3, 0.4) is 0 Å². The van der Waals surface area contributed by atoms with Crippen LogP contribution in [0.15, 0.2) is 65.6 Å². The lowest BCUT2D eigenvalue weighted by molar-refractivity contribution is -0.116. The van der Waals surface area contributed by atoms with Crippen LogP contribution in [0.25, 0.3) is 10.8 Å². The highest BCUT2D eigenvalue weighted by Gasteiger charge is 2.40. The third-order valence-electron chi connectivity index (χ3n) is 4.92. The number of hydrogen-bond acceptors (Lipinski definition) is 5. The van der Waals surface area contributed by atoms with Crippen molar-refractivity contribution in [2.75, 3.05) is 16.7 Å². The maximum atomic E-state index is 13.1. The van der Waals surface area contributed by atoms with Crippen LogP contribution in [0, 0.1) is 0 Å². The second-order valence-corrected chi connectivity index (χ2v) is 8.45. The molecule has 0 radical (unpaired) electrons. The molecule has 1 aliphatic heterocycles. The SMILES string of the molecule is COC(=O)c1ccc(NC(=O)C(C)N2c3cccc4cccc(c34)S2(=O)=O)cc1. The van der Waals surface area contributed by atoms with Crippen LogP contribution < -0.4 is 9.62 Å². The molecule has 1 heterocycles. The van der Waals surface area contributed by atoms with E-state index >= 15 is 0 Å². The first-order valence-electron chi connectivity index (χ1n) is 8.90. The largest absolute Gasteiger partial charge is 0.465 e. The molecule has 0 bridgehead atoms. The first-order valence-corrected chi connectivity index (χ1v) is 10.3. The van der Waals surface area contributed by atoms with Crippen LogP contribution in [0.5, 0.6) is 0 Å². The Kier molecular flexibility index (Phi) is 4.50. The molecule has 3 aromatic carbocycles. The van der Waals surface area contributed by atoms with E-state index in [0.29, 0.717) is 22.3 Å². The molecule has 0 saturated carbocycles. The van der Waals surface area contributed by atoms with Gasteiger partial charge in [0, 0.05) is 11.1 Å². The van der Waals surface area contributed by atoms with Crippen molar-refractivity contribution < 1.29 is 22.7 Å². The van der Waals surface area contributed by atoms with Gasteiger partial charge in [-0.2, -0.15) is 0 Å². The molecule has 29 heavy (non-hydrogen) atoms. The average Bonchev–Trinajstić information content (AvgIpc) is 2.96. The predicted molar refractivity (Wildman–Crippen MR) is 109 cm³/mol. The van der Waals surface area contributed by atoms with E-state index < -0.39 is 27.9 Å². The van der Waals surface area contributed by atoms with Crippen molar-refractivity contribution in [3.8, 4) is 0 Å². The molecule has 1 aliphatic rings. The number of rotatable bonds is 4. The molecule has 0 aromatic heterocycles. The fourth-order valence-corrected chi connectivity index (χ4v) is 5.36. The van der Waals surface area contributed by atoms with Gasteiger partial charge in [-0.3, -0.25) is 9.10 Å². The first kappa shape index (κ1) is 18.9. The van der Waals surface area contributed by atoms with Crippen molar-refractivity contribution in [3.05, 3.63) is 66.2 Å². The number of nitrogens with zero attached hydrogens (tertiary/aromatic N) is 1. The van der Waals surface area contributed by atoms with E-state index in [-0.39, 0.29) is 4.90 Å². The van der Waals surface area contributed by atoms with Crippen molar-refractivity contribution in [2.45, 2.75) is 17.9 Å². The van der Waals surface area contributed by atoms with E-state index in [9.17, 15) is 18.0 Å². The standard InChI is InChI=1S/C21H18N2O5S/c1-13(20(24)22-16-11-9-15(10-12-16)21(25)28-2)23-17-7-3-5-14-6-4-8-18(19(14)17)29(23,26)27/h3-13H,1-2H3,(H,22,24). The Morgan fingerprint density at radius 2 is 1.66 bits per heavy atom. The van der Waals surface area contributed by atoms with E-state index in [1.165, 1.54) is 19.2 Å². The van der Waals surface area contributed by atoms with E-state index in [4.69, 9.17) is 0 Å². The van der Waals surface area contributed by atoms with E-state index in [2.05, 4.69) is 10.1 Å². The molecule has 1 amide bonds. The number of sulfonamides is 1. The van der Waals surface area contributed by atoms with Gasteiger partial charge in [-0.05, 0) is 48.7 Å². The van der Waals surface area contributed by atoms with Crippen molar-refractivity contribution in [3.63, 3.8) is 0 Å². The highest BCUT2D eigenvalue weighted by molar-refractivity contribution is 7.93. The zero-order chi connectivity index (χ0) is 20.8. The van der Waals surface area contributed by atoms with Crippen molar-refractivity contribution in [1.29, 1.82) is 0 Å². The van der Waals surface area contributed by atoms with Crippen LogP contribution in [-0.4, -0.2) is 33.4 Å². The van der Waals surface area contributed by atoms with Crippen LogP contribution >= 0.6 is 0 Å². The Balaban J connectivity index is 1.63. The van der Waals surface area contributed by atoms with Crippen LogP contribution in [0.2, 0.25) is 0 Å². The number of ether oxygens (including phenoxy) is 1. The van der Waals surface area contributed by atoms with Gasteiger partial charge in [-0.1, -0.05) is 24.3 Å². The first-order chi connectivity index (χ1) is 13.8. The number of carbonyl (C=O) groups excluding carboxylic acids is 2. The molecule has 0 spiro atoms. The molecule has 1 N–H and O–H groups in total. The molecule has 0 saturated heterocycles. The summed E-state index contributed by atoms with van der Waals surface area (Å²) in [4.78, 5) is 24.5. The highest BCUT2D eigenvalue weighted by Crippen LogP contribution is 2.43. The van der Waals surface area contributed by atoms with E-state index in [1.807, 2.05) is 12.1 Å². The average molecular weight is 410 g/mol. The van der Waals surface area contributed by atoms with Gasteiger partial charge in [-0.15, -0.1) is 0 Å². The number of nitrogens with one attached hydrogen (secondary N) is 1. The normalized spacial score (nSPS) is 15.2. The maximum absolute atomic E-state index is 13.1. The fourth-order valence-electron chi connectivity index (χ4n) is 3.50. The van der Waals surface area contributed by atoms with E-state index in [1.54, 1.807) is 43.3 Å². The number of carbonyl (C=O) groups is 2. The van der Waals surface area contributed by atoms with Gasteiger partial charge in [0.15, 0.2) is 0 Å². The molecule has 4 rings (SSSR count). The number of anilines is 2. The summed E-state index contributed by atoms with van der Waals surface area (Å²) < 4.78 is 32.0. The summed E-state index contributed by atoms with van der Waals surface area (Å²) >= 11 is 0. The molecule has 0 fully saturated rings. The minimum atomic E-state index is -3.85. The third kappa shape index (κ3) is 3.01. The summed E-state index contributed by atoms with van der Waals surface area (Å²) in [5.41, 5.74) is 1.28. The number of methoxy groups -OCH3 is 1. The lowest BCUT2D eigenvalue weighted by Crippen LogP contribution is -2.43. The van der Waals surface area contributed by atoms with Crippen LogP contribution in [0.1, 0.15) is 17.3 Å². The second kappa shape index (κ2) is 6.89. The molecule has 1 atom stereocenters. The minimum Gasteiger partial charge on any atom is -0.465 e. The summed E-state index contributed by atoms with van der Waals surface area (Å²) in [5.74, 6) is -0.963. The summed E-state index contributed by atoms with van der Waals surface area (Å²) in [6, 6.07) is 15.6. The Hall–Kier alpha value is -3.39. The molecule has 7 nitrogen and oxygen atoms in total. The zero-order valence-corrected chi connectivity index (χ0v) is 16.6.